The maximum Gasteiger partial charge on any atom is 0.228 e. The van der Waals surface area contributed by atoms with Gasteiger partial charge in [-0.05, 0) is 30.0 Å². The van der Waals surface area contributed by atoms with Crippen LogP contribution >= 0.6 is 0 Å². The first-order valence-electron chi connectivity index (χ1n) is 5.68. The lowest BCUT2D eigenvalue weighted by Gasteiger charge is -2.09. The predicted molar refractivity (Wildman–Crippen MR) is 67.9 cm³/mol. The highest BCUT2D eigenvalue weighted by Gasteiger charge is 2.50. The summed E-state index contributed by atoms with van der Waals surface area (Å²) in [6, 6.07) is 5.26. The van der Waals surface area contributed by atoms with Crippen molar-refractivity contribution in [3.63, 3.8) is 0 Å². The average molecular weight is 234 g/mol. The van der Waals surface area contributed by atoms with Crippen molar-refractivity contribution in [2.45, 2.75) is 20.3 Å². The molecule has 0 saturated heterocycles. The first-order valence-corrected chi connectivity index (χ1v) is 5.68. The zero-order chi connectivity index (χ0) is 12.6. The Morgan fingerprint density at radius 2 is 2.18 bits per heavy atom. The van der Waals surface area contributed by atoms with Gasteiger partial charge in [0, 0.05) is 11.6 Å². The number of ether oxygens (including phenoxy) is 1. The topological polar surface area (TPSA) is 64.3 Å². The van der Waals surface area contributed by atoms with Crippen LogP contribution in [0.5, 0.6) is 5.75 Å². The minimum atomic E-state index is 0.0690. The van der Waals surface area contributed by atoms with E-state index in [4.69, 9.17) is 10.5 Å². The molecule has 1 fully saturated rings. The summed E-state index contributed by atoms with van der Waals surface area (Å²) in [6.45, 7) is 4.19. The highest BCUT2D eigenvalue weighted by Crippen LogP contribution is 2.52. The fourth-order valence-corrected chi connectivity index (χ4v) is 1.96. The largest absolute Gasteiger partial charge is 0.495 e. The van der Waals surface area contributed by atoms with E-state index in [1.165, 1.54) is 0 Å². The Balaban J connectivity index is 2.05. The number of nitrogens with one attached hydrogen (secondary N) is 1. The van der Waals surface area contributed by atoms with E-state index in [1.807, 2.05) is 0 Å². The second-order valence-electron chi connectivity index (χ2n) is 5.19. The lowest BCUT2D eigenvalue weighted by molar-refractivity contribution is -0.117. The Labute approximate surface area is 101 Å². The third kappa shape index (κ3) is 2.35. The number of hydrogen-bond donors (Lipinski definition) is 2. The first-order chi connectivity index (χ1) is 7.94. The molecule has 1 aromatic carbocycles. The molecule has 4 heteroatoms. The molecule has 1 saturated carbocycles. The van der Waals surface area contributed by atoms with E-state index in [1.54, 1.807) is 25.3 Å². The van der Waals surface area contributed by atoms with E-state index in [0.717, 1.165) is 12.1 Å². The summed E-state index contributed by atoms with van der Waals surface area (Å²) in [5.74, 6) is 0.806. The molecule has 1 amide bonds. The number of amides is 1. The number of hydrogen-bond acceptors (Lipinski definition) is 3. The Morgan fingerprint density at radius 3 is 2.65 bits per heavy atom. The third-order valence-corrected chi connectivity index (χ3v) is 3.33. The Hall–Kier alpha value is -1.71. The lowest BCUT2D eigenvalue weighted by Crippen LogP contribution is -2.16. The molecule has 1 atom stereocenters. The van der Waals surface area contributed by atoms with Crippen molar-refractivity contribution in [1.29, 1.82) is 0 Å². The van der Waals surface area contributed by atoms with Gasteiger partial charge < -0.3 is 15.8 Å². The average Bonchev–Trinajstić information content (AvgIpc) is 2.88. The van der Waals surface area contributed by atoms with Crippen molar-refractivity contribution in [3.05, 3.63) is 18.2 Å². The normalized spacial score (nSPS) is 20.8. The molecule has 92 valence electrons. The van der Waals surface area contributed by atoms with Gasteiger partial charge >= 0.3 is 0 Å². The van der Waals surface area contributed by atoms with Gasteiger partial charge in [-0.1, -0.05) is 13.8 Å². The second kappa shape index (κ2) is 3.95. The van der Waals surface area contributed by atoms with Crippen LogP contribution in [0.2, 0.25) is 0 Å². The van der Waals surface area contributed by atoms with Gasteiger partial charge in [0.05, 0.1) is 12.8 Å². The molecule has 0 bridgehead atoms. The molecule has 4 nitrogen and oxygen atoms in total. The number of nitrogens with two attached hydrogens (primary N) is 1. The van der Waals surface area contributed by atoms with Crippen LogP contribution in [-0.4, -0.2) is 13.0 Å². The van der Waals surface area contributed by atoms with Gasteiger partial charge in [0.1, 0.15) is 5.75 Å². The van der Waals surface area contributed by atoms with Crippen molar-refractivity contribution in [2.24, 2.45) is 11.3 Å². The van der Waals surface area contributed by atoms with Crippen LogP contribution in [-0.2, 0) is 4.79 Å². The minimum Gasteiger partial charge on any atom is -0.495 e. The van der Waals surface area contributed by atoms with Crippen LogP contribution < -0.4 is 15.8 Å². The molecular weight excluding hydrogens is 216 g/mol. The van der Waals surface area contributed by atoms with Gasteiger partial charge in [0.2, 0.25) is 5.91 Å². The zero-order valence-electron chi connectivity index (χ0n) is 10.4. The molecular formula is C13H18N2O2. The number of nitrogen functional groups attached to an aromatic ring is 1. The van der Waals surface area contributed by atoms with E-state index in [0.29, 0.717) is 11.4 Å². The predicted octanol–water partition coefficient (Wildman–Crippen LogP) is 2.26. The van der Waals surface area contributed by atoms with Crippen molar-refractivity contribution in [1.82, 2.24) is 0 Å². The zero-order valence-corrected chi connectivity index (χ0v) is 10.4. The lowest BCUT2D eigenvalue weighted by atomic mass is 10.1. The van der Waals surface area contributed by atoms with Crippen molar-refractivity contribution < 1.29 is 9.53 Å². The Bertz CT molecular complexity index is 455. The van der Waals surface area contributed by atoms with E-state index in [2.05, 4.69) is 19.2 Å². The van der Waals surface area contributed by atoms with Gasteiger partial charge in [-0.3, -0.25) is 4.79 Å². The maximum absolute atomic E-state index is 11.9. The highest BCUT2D eigenvalue weighted by atomic mass is 16.5. The summed E-state index contributed by atoms with van der Waals surface area (Å²) in [6.07, 6.45) is 0.949. The van der Waals surface area contributed by atoms with Gasteiger partial charge in [0.15, 0.2) is 0 Å². The van der Waals surface area contributed by atoms with E-state index in [9.17, 15) is 4.79 Å². The van der Waals surface area contributed by atoms with E-state index < -0.39 is 0 Å². The van der Waals surface area contributed by atoms with Crippen LogP contribution in [0.15, 0.2) is 18.2 Å². The molecule has 2 rings (SSSR count). The molecule has 1 aliphatic carbocycles. The van der Waals surface area contributed by atoms with Crippen LogP contribution in [0.1, 0.15) is 20.3 Å². The number of carbonyl (C=O) groups excluding carboxylic acids is 1. The summed E-state index contributed by atoms with van der Waals surface area (Å²) < 4.78 is 5.06. The second-order valence-corrected chi connectivity index (χ2v) is 5.19. The number of rotatable bonds is 3. The highest BCUT2D eigenvalue weighted by molar-refractivity contribution is 5.95. The van der Waals surface area contributed by atoms with Crippen LogP contribution in [0.25, 0.3) is 0 Å². The Kier molecular flexibility index (Phi) is 2.73. The summed E-state index contributed by atoms with van der Waals surface area (Å²) in [5, 5.41) is 2.88. The van der Waals surface area contributed by atoms with Gasteiger partial charge in [-0.15, -0.1) is 0 Å². The molecule has 0 heterocycles. The fourth-order valence-electron chi connectivity index (χ4n) is 1.96. The SMILES string of the molecule is COc1ccc(NC(=O)C2CC2(C)C)cc1N. The summed E-state index contributed by atoms with van der Waals surface area (Å²) >= 11 is 0. The molecule has 1 unspecified atom stereocenters. The molecule has 0 spiro atoms. The van der Waals surface area contributed by atoms with E-state index >= 15 is 0 Å². The molecule has 3 N–H and O–H groups in total. The summed E-state index contributed by atoms with van der Waals surface area (Å²) in [7, 11) is 1.57. The molecule has 0 radical (unpaired) electrons. The molecule has 0 aromatic heterocycles. The van der Waals surface area contributed by atoms with Crippen LogP contribution in [0.4, 0.5) is 11.4 Å². The number of carbonyl (C=O) groups is 1. The number of anilines is 2. The molecule has 17 heavy (non-hydrogen) atoms. The standard InChI is InChI=1S/C13H18N2O2/c1-13(2)7-9(13)12(16)15-8-4-5-11(17-3)10(14)6-8/h4-6,9H,7,14H2,1-3H3,(H,15,16). The summed E-state index contributed by atoms with van der Waals surface area (Å²) in [4.78, 5) is 11.9. The maximum atomic E-state index is 11.9. The minimum absolute atomic E-state index is 0.0690. The van der Waals surface area contributed by atoms with Gasteiger partial charge in [0.25, 0.3) is 0 Å². The van der Waals surface area contributed by atoms with Gasteiger partial charge in [-0.2, -0.15) is 0 Å². The van der Waals surface area contributed by atoms with Gasteiger partial charge in [-0.25, -0.2) is 0 Å². The number of methoxy groups -OCH3 is 1. The number of benzene rings is 1. The summed E-state index contributed by atoms with van der Waals surface area (Å²) in [5.41, 5.74) is 7.16. The van der Waals surface area contributed by atoms with Crippen molar-refractivity contribution in [3.8, 4) is 5.75 Å². The Morgan fingerprint density at radius 1 is 1.53 bits per heavy atom. The monoisotopic (exact) mass is 234 g/mol. The molecule has 1 aromatic rings. The van der Waals surface area contributed by atoms with Crippen LogP contribution in [0.3, 0.4) is 0 Å². The molecule has 1 aliphatic rings. The first kappa shape index (κ1) is 11.8. The quantitative estimate of drug-likeness (QED) is 0.788. The molecule has 0 aliphatic heterocycles. The fraction of sp³-hybridized carbons (Fsp3) is 0.462. The third-order valence-electron chi connectivity index (χ3n) is 3.33. The van der Waals surface area contributed by atoms with Crippen molar-refractivity contribution in [2.75, 3.05) is 18.2 Å². The van der Waals surface area contributed by atoms with Crippen LogP contribution in [0, 0.1) is 11.3 Å². The van der Waals surface area contributed by atoms with E-state index in [-0.39, 0.29) is 17.2 Å². The smallest absolute Gasteiger partial charge is 0.228 e. The van der Waals surface area contributed by atoms with Crippen molar-refractivity contribution >= 4 is 17.3 Å².